The van der Waals surface area contributed by atoms with Crippen molar-refractivity contribution in [1.82, 2.24) is 34.4 Å². The standard InChI is InChI=1S/C29H30ClF5N8O3/c1-40-21(19-15-43(22-13-28(22,31)32)39-23(19)29(33,34)35)14-37-24(40)25(44)38-17-2-3-18(20(30)12-17)27(46)42-10-8-41(9-11-42)26(45)16-4-6-36-7-5-16/h2-3,12,14-16,22,36H,4-11,13H2,1H3,(H,38,44). The van der Waals surface area contributed by atoms with E-state index in [0.717, 1.165) is 42.9 Å². The number of piperidine rings is 1. The molecular weight excluding hydrogens is 639 g/mol. The molecule has 17 heteroatoms. The van der Waals surface area contributed by atoms with Crippen LogP contribution in [0, 0.1) is 5.92 Å². The van der Waals surface area contributed by atoms with Gasteiger partial charge < -0.3 is 25.0 Å². The lowest BCUT2D eigenvalue weighted by atomic mass is 9.96. The largest absolute Gasteiger partial charge is 0.435 e. The molecule has 3 aliphatic rings. The maximum atomic E-state index is 13.7. The van der Waals surface area contributed by atoms with Gasteiger partial charge in [0, 0.05) is 57.4 Å². The molecule has 3 fully saturated rings. The molecule has 0 spiro atoms. The number of hydrogen-bond acceptors (Lipinski definition) is 6. The zero-order valence-corrected chi connectivity index (χ0v) is 25.3. The van der Waals surface area contributed by atoms with E-state index in [4.69, 9.17) is 11.6 Å². The van der Waals surface area contributed by atoms with E-state index in [2.05, 4.69) is 20.7 Å². The number of nitrogens with one attached hydrogen (secondary N) is 2. The van der Waals surface area contributed by atoms with Gasteiger partial charge in [-0.3, -0.25) is 19.1 Å². The average Bonchev–Trinajstić information content (AvgIpc) is 3.31. The van der Waals surface area contributed by atoms with E-state index in [1.54, 1.807) is 9.80 Å². The third-order valence-corrected chi connectivity index (χ3v) is 8.92. The molecule has 0 bridgehead atoms. The number of imidazole rings is 1. The van der Waals surface area contributed by atoms with Gasteiger partial charge in [-0.15, -0.1) is 0 Å². The summed E-state index contributed by atoms with van der Waals surface area (Å²) < 4.78 is 70.0. The minimum Gasteiger partial charge on any atom is -0.339 e. The second kappa shape index (κ2) is 12.0. The molecule has 246 valence electrons. The first-order chi connectivity index (χ1) is 21.7. The zero-order chi connectivity index (χ0) is 33.0. The summed E-state index contributed by atoms with van der Waals surface area (Å²) in [7, 11) is 1.31. The molecule has 2 N–H and O–H groups in total. The summed E-state index contributed by atoms with van der Waals surface area (Å²) in [5, 5.41) is 9.26. The highest BCUT2D eigenvalue weighted by atomic mass is 35.5. The summed E-state index contributed by atoms with van der Waals surface area (Å²) in [5.74, 6) is -4.40. The number of amides is 3. The summed E-state index contributed by atoms with van der Waals surface area (Å²) in [6, 6.07) is 2.80. The topological polar surface area (TPSA) is 117 Å². The first kappa shape index (κ1) is 31.9. The Morgan fingerprint density at radius 2 is 1.72 bits per heavy atom. The Morgan fingerprint density at radius 1 is 1.07 bits per heavy atom. The van der Waals surface area contributed by atoms with Crippen LogP contribution < -0.4 is 10.6 Å². The van der Waals surface area contributed by atoms with Crippen molar-refractivity contribution < 1.29 is 36.3 Å². The quantitative estimate of drug-likeness (QED) is 0.383. The van der Waals surface area contributed by atoms with Crippen molar-refractivity contribution in [3.63, 3.8) is 0 Å². The van der Waals surface area contributed by atoms with Gasteiger partial charge in [0.1, 0.15) is 6.04 Å². The lowest BCUT2D eigenvalue weighted by Crippen LogP contribution is -2.52. The molecular formula is C29H30ClF5N8O3. The maximum absolute atomic E-state index is 13.7. The van der Waals surface area contributed by atoms with Crippen LogP contribution in [0.25, 0.3) is 11.3 Å². The van der Waals surface area contributed by atoms with Gasteiger partial charge in [0.2, 0.25) is 5.91 Å². The SMILES string of the molecule is Cn1c(-c2cn(C3CC3(F)F)nc2C(F)(F)F)cnc1C(=O)Nc1ccc(C(=O)N2CCN(C(=O)C3CCNCC3)CC2)c(Cl)c1. The molecule has 1 unspecified atom stereocenters. The van der Waals surface area contributed by atoms with Gasteiger partial charge in [0.25, 0.3) is 17.7 Å². The number of carbonyl (C=O) groups excluding carboxylic acids is 3. The molecule has 1 saturated carbocycles. The van der Waals surface area contributed by atoms with Gasteiger partial charge in [-0.25, -0.2) is 13.8 Å². The van der Waals surface area contributed by atoms with Gasteiger partial charge in [0.05, 0.1) is 28.0 Å². The normalized spacial score (nSPS) is 20.1. The molecule has 11 nitrogen and oxygen atoms in total. The monoisotopic (exact) mass is 668 g/mol. The molecule has 2 aromatic heterocycles. The molecule has 0 radical (unpaired) electrons. The van der Waals surface area contributed by atoms with Gasteiger partial charge in [-0.05, 0) is 44.1 Å². The molecule has 46 heavy (non-hydrogen) atoms. The summed E-state index contributed by atoms with van der Waals surface area (Å²) in [6.07, 6.45) is -2.04. The Bertz CT molecular complexity index is 1680. The van der Waals surface area contributed by atoms with E-state index < -0.39 is 41.7 Å². The number of anilines is 1. The molecule has 6 rings (SSSR count). The number of carbonyl (C=O) groups is 3. The zero-order valence-electron chi connectivity index (χ0n) is 24.6. The van der Waals surface area contributed by atoms with E-state index in [0.29, 0.717) is 30.9 Å². The minimum absolute atomic E-state index is 0.00222. The van der Waals surface area contributed by atoms with Crippen molar-refractivity contribution in [2.24, 2.45) is 13.0 Å². The summed E-state index contributed by atoms with van der Waals surface area (Å²) in [4.78, 5) is 46.5. The van der Waals surface area contributed by atoms with Crippen LogP contribution in [0.5, 0.6) is 0 Å². The Kier molecular flexibility index (Phi) is 8.29. The van der Waals surface area contributed by atoms with Crippen LogP contribution in [0.1, 0.15) is 52.0 Å². The predicted molar refractivity (Wildman–Crippen MR) is 156 cm³/mol. The van der Waals surface area contributed by atoms with Crippen LogP contribution >= 0.6 is 11.6 Å². The van der Waals surface area contributed by atoms with E-state index >= 15 is 0 Å². The number of halogens is 6. The van der Waals surface area contributed by atoms with Crippen molar-refractivity contribution >= 4 is 35.0 Å². The van der Waals surface area contributed by atoms with E-state index in [-0.39, 0.29) is 45.5 Å². The molecule has 1 atom stereocenters. The third kappa shape index (κ3) is 6.19. The van der Waals surface area contributed by atoms with E-state index in [9.17, 15) is 36.3 Å². The lowest BCUT2D eigenvalue weighted by molar-refractivity contribution is -0.141. The van der Waals surface area contributed by atoms with Gasteiger partial charge in [-0.1, -0.05) is 11.6 Å². The molecule has 2 saturated heterocycles. The van der Waals surface area contributed by atoms with Crippen LogP contribution in [0.4, 0.5) is 27.6 Å². The maximum Gasteiger partial charge on any atom is 0.435 e. The Hall–Kier alpha value is -4.05. The number of benzene rings is 1. The molecule has 3 aromatic rings. The fourth-order valence-corrected chi connectivity index (χ4v) is 6.15. The number of aromatic nitrogens is 4. The number of piperazine rings is 1. The molecule has 3 amide bonds. The predicted octanol–water partition coefficient (Wildman–Crippen LogP) is 4.07. The highest BCUT2D eigenvalue weighted by molar-refractivity contribution is 6.34. The van der Waals surface area contributed by atoms with E-state index in [1.807, 2.05) is 0 Å². The highest BCUT2D eigenvalue weighted by Gasteiger charge is 2.59. The van der Waals surface area contributed by atoms with Gasteiger partial charge >= 0.3 is 6.18 Å². The fraction of sp³-hybridized carbons (Fsp3) is 0.483. The molecule has 1 aromatic carbocycles. The lowest BCUT2D eigenvalue weighted by Gasteiger charge is -2.37. The summed E-state index contributed by atoms with van der Waals surface area (Å²) >= 11 is 6.42. The molecule has 1 aliphatic carbocycles. The van der Waals surface area contributed by atoms with Crippen molar-refractivity contribution in [2.45, 2.75) is 37.4 Å². The van der Waals surface area contributed by atoms with Gasteiger partial charge in [-0.2, -0.15) is 18.3 Å². The number of nitrogens with zero attached hydrogens (tertiary/aromatic N) is 6. The third-order valence-electron chi connectivity index (χ3n) is 8.60. The second-order valence-corrected chi connectivity index (χ2v) is 12.1. The van der Waals surface area contributed by atoms with Crippen molar-refractivity contribution in [3.8, 4) is 11.3 Å². The number of hydrogen-bond donors (Lipinski definition) is 2. The Morgan fingerprint density at radius 3 is 2.33 bits per heavy atom. The first-order valence-corrected chi connectivity index (χ1v) is 15.1. The Labute approximate surface area is 264 Å². The van der Waals surface area contributed by atoms with Crippen LogP contribution in [-0.2, 0) is 18.0 Å². The van der Waals surface area contributed by atoms with Gasteiger partial charge in [0.15, 0.2) is 11.5 Å². The number of alkyl halides is 5. The minimum atomic E-state index is -4.94. The van der Waals surface area contributed by atoms with Crippen LogP contribution in [0.2, 0.25) is 5.02 Å². The van der Waals surface area contributed by atoms with Crippen molar-refractivity contribution in [2.75, 3.05) is 44.6 Å². The summed E-state index contributed by atoms with van der Waals surface area (Å²) in [6.45, 7) is 3.17. The van der Waals surface area contributed by atoms with Crippen molar-refractivity contribution in [3.05, 3.63) is 52.7 Å². The second-order valence-electron chi connectivity index (χ2n) is 11.7. The first-order valence-electron chi connectivity index (χ1n) is 14.7. The van der Waals surface area contributed by atoms with E-state index in [1.165, 1.54) is 25.2 Å². The number of rotatable bonds is 6. The molecule has 2 aliphatic heterocycles. The fourth-order valence-electron chi connectivity index (χ4n) is 5.89. The van der Waals surface area contributed by atoms with Crippen molar-refractivity contribution in [1.29, 1.82) is 0 Å². The van der Waals surface area contributed by atoms with Crippen LogP contribution in [0.3, 0.4) is 0 Å². The highest BCUT2D eigenvalue weighted by Crippen LogP contribution is 2.53. The van der Waals surface area contributed by atoms with Crippen LogP contribution in [0.15, 0.2) is 30.6 Å². The van der Waals surface area contributed by atoms with Crippen LogP contribution in [-0.4, -0.2) is 92.0 Å². The summed E-state index contributed by atoms with van der Waals surface area (Å²) in [5.41, 5.74) is -1.61. The average molecular weight is 669 g/mol. The Balaban J connectivity index is 1.11. The smallest absolute Gasteiger partial charge is 0.339 e. The molecule has 4 heterocycles.